The summed E-state index contributed by atoms with van der Waals surface area (Å²) < 4.78 is 18.3. The Morgan fingerprint density at radius 2 is 2.15 bits per heavy atom. The summed E-state index contributed by atoms with van der Waals surface area (Å²) in [7, 11) is 0. The van der Waals surface area contributed by atoms with Gasteiger partial charge in [0.1, 0.15) is 6.10 Å². The van der Waals surface area contributed by atoms with Crippen LogP contribution in [0.25, 0.3) is 0 Å². The molecule has 26 heavy (non-hydrogen) atoms. The first-order chi connectivity index (χ1) is 12.2. The minimum Gasteiger partial charge on any atom is -0.461 e. The Bertz CT molecular complexity index is 618. The molecule has 0 radical (unpaired) electrons. The number of fused-ring (bicyclic) bond motifs is 2. The number of alkyl halides is 2. The molecule has 0 unspecified atom stereocenters. The van der Waals surface area contributed by atoms with E-state index in [1.54, 1.807) is 17.1 Å². The fraction of sp³-hybridized carbons (Fsp3) is 0.647. The number of aliphatic hydroxyl groups is 1. The molecule has 0 amide bonds. The molecule has 5 nitrogen and oxygen atoms in total. The summed E-state index contributed by atoms with van der Waals surface area (Å²) >= 11 is 13.8. The molecule has 0 aromatic heterocycles. The normalized spacial score (nSPS) is 40.7. The van der Waals surface area contributed by atoms with Crippen molar-refractivity contribution in [2.75, 3.05) is 0 Å². The molecule has 0 saturated carbocycles. The predicted octanol–water partition coefficient (Wildman–Crippen LogP) is 4.44. The van der Waals surface area contributed by atoms with Crippen molar-refractivity contribution in [2.24, 2.45) is 0 Å². The summed E-state index contributed by atoms with van der Waals surface area (Å²) in [5, 5.41) is 10.9. The highest BCUT2D eigenvalue weighted by molar-refractivity contribution is 9.12. The molecule has 2 bridgehead atoms. The first-order valence-corrected chi connectivity index (χ1v) is 11.6. The summed E-state index contributed by atoms with van der Waals surface area (Å²) in [6, 6.07) is 0. The maximum Gasteiger partial charge on any atom is 0.302 e. The molecule has 2 heterocycles. The molecule has 0 spiro atoms. The molecule has 1 fully saturated rings. The molecule has 1 N–H and O–H groups in total. The number of hydrogen-bond donors (Lipinski definition) is 1. The van der Waals surface area contributed by atoms with E-state index >= 15 is 0 Å². The van der Waals surface area contributed by atoms with Gasteiger partial charge in [0.2, 0.25) is 0 Å². The summed E-state index contributed by atoms with van der Waals surface area (Å²) in [5.74, 6) is -1.91. The van der Waals surface area contributed by atoms with Crippen molar-refractivity contribution >= 4 is 69.7 Å². The largest absolute Gasteiger partial charge is 0.461 e. The van der Waals surface area contributed by atoms with Crippen LogP contribution in [0.5, 0.6) is 0 Å². The molecule has 0 aromatic carbocycles. The predicted molar refractivity (Wildman–Crippen MR) is 113 cm³/mol. The summed E-state index contributed by atoms with van der Waals surface area (Å²) in [6.45, 7) is 3.27. The Morgan fingerprint density at radius 1 is 1.46 bits per heavy atom. The third-order valence-electron chi connectivity index (χ3n) is 4.17. The topological polar surface area (TPSA) is 65.0 Å². The lowest BCUT2D eigenvalue weighted by Gasteiger charge is -2.32. The van der Waals surface area contributed by atoms with Crippen LogP contribution in [0.3, 0.4) is 0 Å². The van der Waals surface area contributed by atoms with E-state index in [0.29, 0.717) is 12.8 Å². The van der Waals surface area contributed by atoms with Crippen LogP contribution in [-0.4, -0.2) is 50.9 Å². The average molecular weight is 624 g/mol. The fourth-order valence-corrected chi connectivity index (χ4v) is 4.75. The first kappa shape index (κ1) is 22.8. The van der Waals surface area contributed by atoms with Crippen LogP contribution in [0.15, 0.2) is 27.4 Å². The van der Waals surface area contributed by atoms with Crippen molar-refractivity contribution in [1.82, 2.24) is 0 Å². The van der Waals surface area contributed by atoms with Gasteiger partial charge in [-0.05, 0) is 19.1 Å². The standard InChI is InChI=1S/C17H20Br4O5/c1-9-16(21)14(25-10(2)22)7-15(20)17(23)8-12(19)13(26-17)6-11(24-9)4-3-5-18/h4-5,8-9,11,13-16,23H,6-7H2,1-2H3/t3?,9-,11+,13-,14+,15-,16+,17-/m0/s1. The van der Waals surface area contributed by atoms with E-state index in [-0.39, 0.29) is 23.1 Å². The van der Waals surface area contributed by atoms with Crippen LogP contribution >= 0.6 is 63.7 Å². The van der Waals surface area contributed by atoms with E-state index in [0.717, 1.165) is 4.48 Å². The molecule has 2 aliphatic rings. The highest BCUT2D eigenvalue weighted by atomic mass is 79.9. The van der Waals surface area contributed by atoms with Crippen LogP contribution in [0.2, 0.25) is 0 Å². The van der Waals surface area contributed by atoms with Gasteiger partial charge in [0.05, 0.1) is 28.0 Å². The molecule has 2 aliphatic heterocycles. The Morgan fingerprint density at radius 3 is 2.77 bits per heavy atom. The van der Waals surface area contributed by atoms with E-state index in [2.05, 4.69) is 69.5 Å². The molecule has 146 valence electrons. The van der Waals surface area contributed by atoms with Crippen LogP contribution in [0, 0.1) is 0 Å². The van der Waals surface area contributed by atoms with Crippen molar-refractivity contribution in [1.29, 1.82) is 0 Å². The molecular weight excluding hydrogens is 604 g/mol. The number of esters is 1. The van der Waals surface area contributed by atoms with Crippen LogP contribution in [0.4, 0.5) is 0 Å². The smallest absolute Gasteiger partial charge is 0.302 e. The van der Waals surface area contributed by atoms with Gasteiger partial charge in [0.15, 0.2) is 5.79 Å². The third kappa shape index (κ3) is 5.77. The van der Waals surface area contributed by atoms with Gasteiger partial charge < -0.3 is 19.3 Å². The van der Waals surface area contributed by atoms with Gasteiger partial charge in [0, 0.05) is 29.2 Å². The van der Waals surface area contributed by atoms with E-state index in [4.69, 9.17) is 14.2 Å². The lowest BCUT2D eigenvalue weighted by atomic mass is 10.0. The van der Waals surface area contributed by atoms with E-state index in [1.165, 1.54) is 6.92 Å². The van der Waals surface area contributed by atoms with Crippen molar-refractivity contribution < 1.29 is 24.1 Å². The van der Waals surface area contributed by atoms with Gasteiger partial charge in [-0.25, -0.2) is 0 Å². The van der Waals surface area contributed by atoms with Gasteiger partial charge in [-0.15, -0.1) is 5.73 Å². The number of carbonyl (C=O) groups is 1. The Balaban J connectivity index is 2.38. The van der Waals surface area contributed by atoms with Crippen molar-refractivity contribution in [3.8, 4) is 0 Å². The Hall–Kier alpha value is 0.530. The van der Waals surface area contributed by atoms with Gasteiger partial charge >= 0.3 is 5.97 Å². The second kappa shape index (κ2) is 9.83. The molecular formula is C17H20Br4O5. The molecule has 0 aromatic rings. The van der Waals surface area contributed by atoms with Gasteiger partial charge in [-0.3, -0.25) is 4.79 Å². The Labute approximate surface area is 186 Å². The SMILES string of the molecule is CC(=O)O[C@@H]1C[C@H](Br)[C@]2(O)C=C(Br)[C@H](C[C@@H](C=C=CBr)O[C@@H](C)[C@H]1Br)O2. The van der Waals surface area contributed by atoms with Crippen molar-refractivity contribution in [3.05, 3.63) is 27.4 Å². The van der Waals surface area contributed by atoms with E-state index < -0.39 is 22.7 Å². The Kier molecular flexibility index (Phi) is 8.63. The summed E-state index contributed by atoms with van der Waals surface area (Å²) in [4.78, 5) is 12.4. The lowest BCUT2D eigenvalue weighted by Crippen LogP contribution is -2.44. The molecule has 0 aliphatic carbocycles. The molecule has 2 rings (SSSR count). The third-order valence-corrected chi connectivity index (χ3v) is 7.54. The zero-order chi connectivity index (χ0) is 19.5. The number of rotatable bonds is 2. The summed E-state index contributed by atoms with van der Waals surface area (Å²) in [6.07, 6.45) is 2.82. The average Bonchev–Trinajstić information content (AvgIpc) is 2.84. The van der Waals surface area contributed by atoms with Gasteiger partial charge in [-0.2, -0.15) is 0 Å². The minimum atomic E-state index is -1.51. The second-order valence-electron chi connectivity index (χ2n) is 6.24. The zero-order valence-corrected chi connectivity index (χ0v) is 20.5. The quantitative estimate of drug-likeness (QED) is 0.280. The highest BCUT2D eigenvalue weighted by Gasteiger charge is 2.46. The van der Waals surface area contributed by atoms with E-state index in [1.807, 2.05) is 6.92 Å². The number of carbonyl (C=O) groups excluding carboxylic acids is 1. The van der Waals surface area contributed by atoms with Gasteiger partial charge in [-0.1, -0.05) is 63.7 Å². The fourth-order valence-electron chi connectivity index (χ4n) is 2.93. The van der Waals surface area contributed by atoms with Gasteiger partial charge in [0.25, 0.3) is 0 Å². The van der Waals surface area contributed by atoms with Crippen LogP contribution < -0.4 is 0 Å². The maximum absolute atomic E-state index is 11.5. The maximum atomic E-state index is 11.5. The molecule has 7 atom stereocenters. The number of ether oxygens (including phenoxy) is 3. The van der Waals surface area contributed by atoms with Crippen LogP contribution in [-0.2, 0) is 19.0 Å². The minimum absolute atomic E-state index is 0.258. The zero-order valence-electron chi connectivity index (χ0n) is 14.2. The molecule has 1 saturated heterocycles. The molecule has 9 heteroatoms. The first-order valence-electron chi connectivity index (χ1n) is 8.06. The van der Waals surface area contributed by atoms with Crippen molar-refractivity contribution in [3.63, 3.8) is 0 Å². The lowest BCUT2D eigenvalue weighted by molar-refractivity contribution is -0.178. The summed E-state index contributed by atoms with van der Waals surface area (Å²) in [5.41, 5.74) is 2.97. The van der Waals surface area contributed by atoms with Crippen LogP contribution in [0.1, 0.15) is 26.7 Å². The number of hydrogen-bond acceptors (Lipinski definition) is 5. The second-order valence-corrected chi connectivity index (χ2v) is 9.78. The van der Waals surface area contributed by atoms with Crippen molar-refractivity contribution in [2.45, 2.75) is 66.5 Å². The number of halogens is 4. The van der Waals surface area contributed by atoms with E-state index in [9.17, 15) is 9.90 Å². The highest BCUT2D eigenvalue weighted by Crippen LogP contribution is 2.41. The monoisotopic (exact) mass is 620 g/mol.